The average Bonchev–Trinajstić information content (AvgIpc) is 0.774. The van der Waals surface area contributed by atoms with E-state index in [0.717, 1.165) is 44.1 Å². The highest BCUT2D eigenvalue weighted by atomic mass is 16.7. The molecule has 640 valence electrons. The molecule has 0 saturated carbocycles. The van der Waals surface area contributed by atoms with Crippen LogP contribution in [0, 0.1) is 0 Å². The van der Waals surface area contributed by atoms with Crippen molar-refractivity contribution in [2.45, 2.75) is 85.6 Å². The molecule has 112 heavy (non-hydrogen) atoms. The van der Waals surface area contributed by atoms with E-state index in [2.05, 4.69) is 16.0 Å². The van der Waals surface area contributed by atoms with E-state index >= 15 is 0 Å². The standard InChI is InChI=1S/C60H100N12O40/c73-28-32(61-36(77)13-67(19-42(86)87)7-1-64(16-39(80)81)4-10-70(22-45(92)93)23-46(94)95)53(104)54(105)33(29-74)109-59-52(63-38(79)15-69(21-44(90)91)9-3-66(18-41(84)85)6-12-72(26-49(100)101)27-50(102)103)57(108)58(35(31-76)111-59)112-60-51(56(107)55(106)34(30-75)110-60)62-37(78)14-68(20-43(88)89)8-2-65(17-40(82)83)5-11-71(24-47(96)97)25-48(98)99/h32-35,51-60,73-76,104-108H,1-31H2,(H,61,77)(H,62,78)(H,63,79)(H,80,81)(H,82,83)(H,84,85)(H,86,87)(H,88,89)(H,90,91)(H,92,93)(H,94,95)(H,96,97)(H,98,99)(H,100,101)(H,102,103)/t32-,33+,34-,35-,51-,52-,53-,54-,55-,56-,57-,58-,59-,60-/m1/s1. The topological polar surface area (TPSA) is 783 Å². The van der Waals surface area contributed by atoms with E-state index in [-0.39, 0.29) is 52.4 Å². The van der Waals surface area contributed by atoms with Gasteiger partial charge in [-0.25, -0.2) is 0 Å². The molecule has 52 nitrogen and oxygen atoms in total. The quantitative estimate of drug-likeness (QED) is 0.0269. The molecule has 0 aromatic rings. The Morgan fingerprint density at radius 3 is 0.848 bits per heavy atom. The summed E-state index contributed by atoms with van der Waals surface area (Å²) in [6.07, 6.45) is -25.0. The van der Waals surface area contributed by atoms with Gasteiger partial charge in [0.25, 0.3) is 0 Å². The molecule has 2 aliphatic rings. The summed E-state index contributed by atoms with van der Waals surface area (Å²) in [5.41, 5.74) is 0. The summed E-state index contributed by atoms with van der Waals surface area (Å²) in [5.74, 6) is -21.5. The van der Waals surface area contributed by atoms with Crippen LogP contribution in [0.3, 0.4) is 0 Å². The first kappa shape index (κ1) is 99.2. The van der Waals surface area contributed by atoms with Gasteiger partial charge >= 0.3 is 71.6 Å². The van der Waals surface area contributed by atoms with Gasteiger partial charge in [0.15, 0.2) is 12.6 Å². The number of hydrogen-bond acceptors (Lipinski definition) is 37. The van der Waals surface area contributed by atoms with Gasteiger partial charge in [-0.3, -0.25) is 116 Å². The maximum Gasteiger partial charge on any atom is 0.317 e. The van der Waals surface area contributed by atoms with Crippen LogP contribution in [0.4, 0.5) is 0 Å². The fourth-order valence-corrected chi connectivity index (χ4v) is 11.5. The molecule has 0 aromatic heterocycles. The molecule has 24 N–H and O–H groups in total. The number of carbonyl (C=O) groups is 15. The van der Waals surface area contributed by atoms with Gasteiger partial charge in [0.1, 0.15) is 67.0 Å². The number of ether oxygens (including phenoxy) is 4. The molecule has 14 atom stereocenters. The fraction of sp³-hybridized carbons (Fsp3) is 0.750. The van der Waals surface area contributed by atoms with Crippen molar-refractivity contribution in [2.24, 2.45) is 0 Å². The largest absolute Gasteiger partial charge is 0.480 e. The summed E-state index contributed by atoms with van der Waals surface area (Å²) in [4.78, 5) is 191. The third-order valence-corrected chi connectivity index (χ3v) is 16.7. The first-order valence-corrected chi connectivity index (χ1v) is 33.9. The molecule has 2 fully saturated rings. The van der Waals surface area contributed by atoms with E-state index in [0.29, 0.717) is 0 Å². The minimum absolute atomic E-state index is 0.296. The lowest BCUT2D eigenvalue weighted by molar-refractivity contribution is -0.340. The molecule has 0 unspecified atom stereocenters. The maximum atomic E-state index is 14.4. The number of aliphatic hydroxyl groups excluding tert-OH is 9. The fourth-order valence-electron chi connectivity index (χ4n) is 11.5. The van der Waals surface area contributed by atoms with Crippen LogP contribution in [0.15, 0.2) is 0 Å². The van der Waals surface area contributed by atoms with Gasteiger partial charge in [0.2, 0.25) is 17.7 Å². The molecule has 0 aromatic carbocycles. The Balaban J connectivity index is 2.71. The van der Waals surface area contributed by atoms with Crippen LogP contribution in [0.5, 0.6) is 0 Å². The van der Waals surface area contributed by atoms with Crippen LogP contribution in [-0.2, 0) is 90.9 Å². The van der Waals surface area contributed by atoms with Crippen molar-refractivity contribution in [1.29, 1.82) is 0 Å². The third kappa shape index (κ3) is 39.1. The lowest BCUT2D eigenvalue weighted by Gasteiger charge is -2.48. The molecule has 0 radical (unpaired) electrons. The Morgan fingerprint density at radius 1 is 0.312 bits per heavy atom. The van der Waals surface area contributed by atoms with Crippen LogP contribution < -0.4 is 16.0 Å². The summed E-state index contributed by atoms with van der Waals surface area (Å²) in [6, 6.07) is -6.37. The molecule has 2 aliphatic heterocycles. The van der Waals surface area contributed by atoms with Crippen molar-refractivity contribution < 1.29 is 198 Å². The van der Waals surface area contributed by atoms with Gasteiger partial charge in [-0.2, -0.15) is 0 Å². The van der Waals surface area contributed by atoms with Gasteiger partial charge in [0.05, 0.1) is 131 Å². The Bertz CT molecular complexity index is 3050. The second-order valence-electron chi connectivity index (χ2n) is 25.7. The summed E-state index contributed by atoms with van der Waals surface area (Å²) in [5, 5.41) is 221. The number of nitrogens with one attached hydrogen (secondary N) is 3. The van der Waals surface area contributed by atoms with Crippen LogP contribution in [0.2, 0.25) is 0 Å². The molecule has 52 heteroatoms. The summed E-state index contributed by atoms with van der Waals surface area (Å²) >= 11 is 0. The number of carbonyl (C=O) groups excluding carboxylic acids is 3. The highest BCUT2D eigenvalue weighted by Gasteiger charge is 2.53. The van der Waals surface area contributed by atoms with Crippen molar-refractivity contribution in [1.82, 2.24) is 60.0 Å². The SMILES string of the molecule is O=C(O)CN(CCN(CC(=O)O)CC(=O)O)CCN(CC(=O)O)CC(=O)N[C@H]1[C@H](O[C@@H](CO)[C@@H](O)[C@H](O)[C@@H](CO)NC(=O)CN(CCN(CCN(CC(=O)O)CC(=O)O)CC(=O)O)CC(=O)O)O[C@H](CO)[C@@H](O[C@H]2O[C@H](CO)[C@@H](O)[C@H](O)[C@H]2NC(=O)CN(CCN(CCN(CC(=O)O)CC(=O)O)CC(=O)O)CC(=O)O)[C@@H]1O. The predicted octanol–water partition coefficient (Wildman–Crippen LogP) is -15.8. The van der Waals surface area contributed by atoms with Crippen molar-refractivity contribution >= 4 is 89.4 Å². The number of aliphatic carboxylic acids is 12. The van der Waals surface area contributed by atoms with Crippen LogP contribution in [0.25, 0.3) is 0 Å². The number of carboxylic acid groups (broad SMARTS) is 12. The van der Waals surface area contributed by atoms with E-state index in [9.17, 15) is 179 Å². The van der Waals surface area contributed by atoms with Gasteiger partial charge < -0.3 is 142 Å². The number of rotatable bonds is 62. The smallest absolute Gasteiger partial charge is 0.317 e. The van der Waals surface area contributed by atoms with Gasteiger partial charge in [0, 0.05) is 78.5 Å². The molecule has 3 amide bonds. The zero-order valence-electron chi connectivity index (χ0n) is 60.2. The van der Waals surface area contributed by atoms with E-state index in [1.807, 2.05) is 0 Å². The number of hydrogen-bond donors (Lipinski definition) is 24. The Morgan fingerprint density at radius 2 is 0.571 bits per heavy atom. The minimum atomic E-state index is -2.55. The molecule has 2 saturated heterocycles. The van der Waals surface area contributed by atoms with Gasteiger partial charge in [-0.05, 0) is 0 Å². The van der Waals surface area contributed by atoms with E-state index in [4.69, 9.17) is 18.9 Å². The third-order valence-electron chi connectivity index (χ3n) is 16.7. The summed E-state index contributed by atoms with van der Waals surface area (Å²) in [7, 11) is 0. The molecule has 0 bridgehead atoms. The second kappa shape index (κ2) is 51.0. The minimum Gasteiger partial charge on any atom is -0.480 e. The Hall–Kier alpha value is -8.83. The lowest BCUT2D eigenvalue weighted by Crippen LogP contribution is -2.70. The Labute approximate surface area is 634 Å². The zero-order valence-corrected chi connectivity index (χ0v) is 60.2. The zero-order chi connectivity index (χ0) is 84.8. The number of aliphatic hydroxyl groups is 9. The van der Waals surface area contributed by atoms with E-state index in [1.165, 1.54) is 0 Å². The normalized spacial score (nSPS) is 21.1. The molecular formula is C60H100N12O40. The van der Waals surface area contributed by atoms with E-state index in [1.54, 1.807) is 0 Å². The Kier molecular flexibility index (Phi) is 45.2. The average molecular weight is 1630 g/mol. The van der Waals surface area contributed by atoms with Crippen molar-refractivity contribution in [3.63, 3.8) is 0 Å². The van der Waals surface area contributed by atoms with Crippen molar-refractivity contribution in [3.8, 4) is 0 Å². The first-order valence-electron chi connectivity index (χ1n) is 33.9. The van der Waals surface area contributed by atoms with Crippen LogP contribution in [-0.4, -0.2) is 529 Å². The van der Waals surface area contributed by atoms with Crippen molar-refractivity contribution in [3.05, 3.63) is 0 Å². The lowest BCUT2D eigenvalue weighted by atomic mass is 9.94. The molecule has 0 aliphatic carbocycles. The highest BCUT2D eigenvalue weighted by molar-refractivity contribution is 5.81. The number of amides is 3. The molecule has 2 rings (SSSR count). The van der Waals surface area contributed by atoms with Gasteiger partial charge in [-0.1, -0.05) is 0 Å². The summed E-state index contributed by atoms with van der Waals surface area (Å²) < 4.78 is 23.6. The molecule has 0 spiro atoms. The predicted molar refractivity (Wildman–Crippen MR) is 361 cm³/mol. The van der Waals surface area contributed by atoms with Crippen LogP contribution >= 0.6 is 0 Å². The first-order chi connectivity index (χ1) is 52.5. The monoisotopic (exact) mass is 1630 g/mol. The van der Waals surface area contributed by atoms with E-state index < -0.39 is 326 Å². The van der Waals surface area contributed by atoms with Crippen molar-refractivity contribution in [2.75, 3.05) is 203 Å². The number of nitrogens with zero attached hydrogens (tertiary/aromatic N) is 9. The highest BCUT2D eigenvalue weighted by Crippen LogP contribution is 2.31. The summed E-state index contributed by atoms with van der Waals surface area (Å²) in [6.45, 7) is -22.8. The second-order valence-corrected chi connectivity index (χ2v) is 25.7. The van der Waals surface area contributed by atoms with Crippen LogP contribution in [0.1, 0.15) is 0 Å². The molecule has 2 heterocycles. The number of carboxylic acids is 12. The maximum absolute atomic E-state index is 14.4. The molecular weight excluding hydrogens is 1530 g/mol. The van der Waals surface area contributed by atoms with Gasteiger partial charge in [-0.15, -0.1) is 0 Å².